The molecule has 0 saturated heterocycles. The second-order valence-electron chi connectivity index (χ2n) is 14.0. The summed E-state index contributed by atoms with van der Waals surface area (Å²) in [6, 6.07) is 49.8. The van der Waals surface area contributed by atoms with Gasteiger partial charge in [0.25, 0.3) is 0 Å². The third kappa shape index (κ3) is 5.03. The maximum atomic E-state index is 2.67. The first-order valence-corrected chi connectivity index (χ1v) is 18.2. The summed E-state index contributed by atoms with van der Waals surface area (Å²) in [5.74, 6) is 0.653. The van der Waals surface area contributed by atoms with Crippen LogP contribution in [0.5, 0.6) is 0 Å². The highest BCUT2D eigenvalue weighted by Crippen LogP contribution is 2.35. The maximum Gasteiger partial charge on any atom is 0.0494 e. The molecule has 6 aromatic carbocycles. The molecular weight excluding hydrogens is 595 g/mol. The highest BCUT2D eigenvalue weighted by Gasteiger charge is 2.18. The summed E-state index contributed by atoms with van der Waals surface area (Å²) in [5, 5.41) is 8.01. The third-order valence-electron chi connectivity index (χ3n) is 11.0. The van der Waals surface area contributed by atoms with Crippen LogP contribution in [0.1, 0.15) is 50.7 Å². The van der Waals surface area contributed by atoms with Crippen LogP contribution in [0, 0.1) is 5.92 Å². The quantitative estimate of drug-likeness (QED) is 0.142. The van der Waals surface area contributed by atoms with E-state index >= 15 is 0 Å². The van der Waals surface area contributed by atoms with E-state index in [1.807, 2.05) is 0 Å². The first-order valence-electron chi connectivity index (χ1n) is 18.2. The van der Waals surface area contributed by atoms with E-state index in [0.717, 1.165) is 19.6 Å². The molecule has 0 radical (unpaired) electrons. The van der Waals surface area contributed by atoms with Gasteiger partial charge in [-0.1, -0.05) is 130 Å². The minimum Gasteiger partial charge on any atom is -0.340 e. The molecule has 49 heavy (non-hydrogen) atoms. The van der Waals surface area contributed by atoms with Gasteiger partial charge in [0.05, 0.1) is 0 Å². The van der Waals surface area contributed by atoms with Crippen molar-refractivity contribution >= 4 is 65.4 Å². The van der Waals surface area contributed by atoms with Crippen molar-refractivity contribution in [1.82, 2.24) is 13.7 Å². The molecule has 3 heterocycles. The fourth-order valence-electron chi connectivity index (χ4n) is 8.47. The Morgan fingerprint density at radius 2 is 0.816 bits per heavy atom. The number of nitrogens with zero attached hydrogens (tertiary/aromatic N) is 3. The van der Waals surface area contributed by atoms with E-state index in [9.17, 15) is 0 Å². The van der Waals surface area contributed by atoms with Crippen LogP contribution in [0.15, 0.2) is 133 Å². The molecule has 3 aromatic heterocycles. The number of hydrogen-bond donors (Lipinski definition) is 0. The van der Waals surface area contributed by atoms with E-state index in [0.29, 0.717) is 5.92 Å². The zero-order valence-electron chi connectivity index (χ0n) is 28.6. The fourth-order valence-corrected chi connectivity index (χ4v) is 8.47. The fraction of sp³-hybridized carbons (Fsp3) is 0.217. The van der Waals surface area contributed by atoms with Crippen molar-refractivity contribution in [3.05, 3.63) is 145 Å². The van der Waals surface area contributed by atoms with Crippen molar-refractivity contribution < 1.29 is 0 Å². The van der Waals surface area contributed by atoms with E-state index in [4.69, 9.17) is 0 Å². The Morgan fingerprint density at radius 3 is 1.20 bits per heavy atom. The number of hydrogen-bond acceptors (Lipinski definition) is 0. The molecule has 0 aliphatic rings. The molecule has 3 nitrogen and oxygen atoms in total. The lowest BCUT2D eigenvalue weighted by Gasteiger charge is -2.18. The number of rotatable bonds is 10. The average molecular weight is 638 g/mol. The molecule has 0 spiro atoms. The van der Waals surface area contributed by atoms with Gasteiger partial charge >= 0.3 is 0 Å². The Hall–Kier alpha value is -5.28. The van der Waals surface area contributed by atoms with Gasteiger partial charge in [0, 0.05) is 85.1 Å². The van der Waals surface area contributed by atoms with Gasteiger partial charge in [0.2, 0.25) is 0 Å². The van der Waals surface area contributed by atoms with Crippen molar-refractivity contribution in [2.24, 2.45) is 5.92 Å². The van der Waals surface area contributed by atoms with Gasteiger partial charge in [-0.2, -0.15) is 0 Å². The topological polar surface area (TPSA) is 14.8 Å². The van der Waals surface area contributed by atoms with Crippen molar-refractivity contribution in [2.75, 3.05) is 0 Å². The zero-order chi connectivity index (χ0) is 32.9. The minimum absolute atomic E-state index is 0.653. The summed E-state index contributed by atoms with van der Waals surface area (Å²) >= 11 is 0. The molecule has 0 N–H and O–H groups in total. The maximum absolute atomic E-state index is 2.67. The molecule has 0 aliphatic carbocycles. The van der Waals surface area contributed by atoms with Gasteiger partial charge in [-0.25, -0.2) is 0 Å². The van der Waals surface area contributed by atoms with Crippen LogP contribution in [0.3, 0.4) is 0 Å². The molecule has 0 fully saturated rings. The van der Waals surface area contributed by atoms with E-state index in [2.05, 4.69) is 161 Å². The summed E-state index contributed by atoms with van der Waals surface area (Å²) in [6.45, 7) is 7.42. The van der Waals surface area contributed by atoms with Crippen LogP contribution in [0.25, 0.3) is 65.4 Å². The predicted octanol–water partition coefficient (Wildman–Crippen LogP) is 12.3. The first kappa shape index (κ1) is 29.8. The van der Waals surface area contributed by atoms with E-state index < -0.39 is 0 Å². The number of benzene rings is 6. The van der Waals surface area contributed by atoms with Crippen molar-refractivity contribution in [3.63, 3.8) is 0 Å². The second-order valence-corrected chi connectivity index (χ2v) is 14.0. The molecule has 0 bridgehead atoms. The number of para-hydroxylation sites is 4. The molecule has 0 aliphatic heterocycles. The van der Waals surface area contributed by atoms with Crippen LogP contribution >= 0.6 is 0 Å². The van der Waals surface area contributed by atoms with E-state index in [1.165, 1.54) is 102 Å². The molecule has 1 unspecified atom stereocenters. The van der Waals surface area contributed by atoms with Crippen molar-refractivity contribution in [3.8, 4) is 0 Å². The lowest BCUT2D eigenvalue weighted by Crippen LogP contribution is -2.10. The van der Waals surface area contributed by atoms with Crippen LogP contribution < -0.4 is 0 Å². The molecule has 9 rings (SSSR count). The molecule has 1 atom stereocenters. The summed E-state index contributed by atoms with van der Waals surface area (Å²) < 4.78 is 7.66. The molecule has 0 amide bonds. The highest BCUT2D eigenvalue weighted by atomic mass is 15.0. The Bertz CT molecular complexity index is 2350. The smallest absolute Gasteiger partial charge is 0.0494 e. The van der Waals surface area contributed by atoms with E-state index in [-0.39, 0.29) is 0 Å². The molecule has 9 aromatic rings. The van der Waals surface area contributed by atoms with Gasteiger partial charge in [-0.15, -0.1) is 0 Å². The predicted molar refractivity (Wildman–Crippen MR) is 210 cm³/mol. The van der Waals surface area contributed by atoms with Crippen LogP contribution in [0.4, 0.5) is 0 Å². The zero-order valence-corrected chi connectivity index (χ0v) is 28.6. The minimum atomic E-state index is 0.653. The van der Waals surface area contributed by atoms with E-state index in [1.54, 1.807) is 0 Å². The molecular formula is C46H43N3. The van der Waals surface area contributed by atoms with Crippen LogP contribution in [0.2, 0.25) is 0 Å². The molecule has 3 heteroatoms. The Labute approximate surface area is 288 Å². The lowest BCUT2D eigenvalue weighted by atomic mass is 9.99. The lowest BCUT2D eigenvalue weighted by molar-refractivity contribution is 0.401. The third-order valence-corrected chi connectivity index (χ3v) is 11.0. The number of aromatic nitrogens is 3. The standard InChI is InChI=1S/C46H43N3/c1-3-5-14-32(4-2)29-49-45-27-33(30-47-41-19-10-6-15-35(41)36-16-7-11-20-42(36)47)23-25-39(45)40-26-24-34(28-46(40)49)31-48-43-21-12-8-17-37(43)38-18-9-13-22-44(38)48/h6-13,15-28,32H,3-5,14,29-31H2,1-2H3. The Morgan fingerprint density at radius 1 is 0.429 bits per heavy atom. The van der Waals surface area contributed by atoms with Crippen molar-refractivity contribution in [2.45, 2.75) is 59.2 Å². The van der Waals surface area contributed by atoms with Gasteiger partial charge < -0.3 is 13.7 Å². The summed E-state index contributed by atoms with van der Waals surface area (Å²) in [5.41, 5.74) is 10.6. The summed E-state index contributed by atoms with van der Waals surface area (Å²) in [6.07, 6.45) is 5.00. The monoisotopic (exact) mass is 637 g/mol. The second kappa shape index (κ2) is 12.3. The Balaban J connectivity index is 1.18. The number of unbranched alkanes of at least 4 members (excludes halogenated alkanes) is 1. The first-order chi connectivity index (χ1) is 24.2. The van der Waals surface area contributed by atoms with Gasteiger partial charge in [0.15, 0.2) is 0 Å². The highest BCUT2D eigenvalue weighted by molar-refractivity contribution is 6.10. The average Bonchev–Trinajstić information content (AvgIpc) is 3.75. The summed E-state index contributed by atoms with van der Waals surface area (Å²) in [4.78, 5) is 0. The SMILES string of the molecule is CCCCC(CC)Cn1c2cc(Cn3c4ccccc4c4ccccc43)ccc2c2ccc(Cn3c4ccccc4c4ccccc43)cc21. The van der Waals surface area contributed by atoms with Crippen molar-refractivity contribution in [1.29, 1.82) is 0 Å². The Kier molecular flexibility index (Phi) is 7.49. The van der Waals surface area contributed by atoms with Crippen LogP contribution in [-0.2, 0) is 19.6 Å². The number of fused-ring (bicyclic) bond motifs is 9. The van der Waals surface area contributed by atoms with Gasteiger partial charge in [-0.3, -0.25) is 0 Å². The van der Waals surface area contributed by atoms with Crippen LogP contribution in [-0.4, -0.2) is 13.7 Å². The largest absolute Gasteiger partial charge is 0.340 e. The molecule has 0 saturated carbocycles. The van der Waals surface area contributed by atoms with Gasteiger partial charge in [-0.05, 0) is 59.9 Å². The normalized spacial score (nSPS) is 12.8. The molecule has 242 valence electrons. The van der Waals surface area contributed by atoms with Gasteiger partial charge in [0.1, 0.15) is 0 Å². The summed E-state index contributed by atoms with van der Waals surface area (Å²) in [7, 11) is 0.